The van der Waals surface area contributed by atoms with Gasteiger partial charge in [0.2, 0.25) is 5.88 Å². The van der Waals surface area contributed by atoms with Crippen LogP contribution in [0.25, 0.3) is 22.4 Å². The maximum absolute atomic E-state index is 6.26. The molecule has 0 amide bonds. The number of anilines is 1. The molecular formula is C16H12Cl2N2O. The molecule has 0 bridgehead atoms. The third kappa shape index (κ3) is 2.50. The van der Waals surface area contributed by atoms with Crippen molar-refractivity contribution in [1.29, 1.82) is 0 Å². The summed E-state index contributed by atoms with van der Waals surface area (Å²) in [6.45, 7) is 2.01. The zero-order chi connectivity index (χ0) is 15.0. The van der Waals surface area contributed by atoms with Gasteiger partial charge in [-0.15, -0.1) is 0 Å². The van der Waals surface area contributed by atoms with Gasteiger partial charge in [-0.05, 0) is 24.6 Å². The molecule has 3 aromatic rings. The van der Waals surface area contributed by atoms with Gasteiger partial charge in [-0.1, -0.05) is 64.3 Å². The number of benzene rings is 2. The van der Waals surface area contributed by atoms with Crippen LogP contribution in [0.4, 0.5) is 5.88 Å². The Morgan fingerprint density at radius 1 is 1.00 bits per heavy atom. The van der Waals surface area contributed by atoms with Gasteiger partial charge in [0.15, 0.2) is 0 Å². The highest BCUT2D eigenvalue weighted by atomic mass is 35.5. The molecule has 0 spiro atoms. The predicted molar refractivity (Wildman–Crippen MR) is 86.5 cm³/mol. The number of rotatable bonds is 2. The Morgan fingerprint density at radius 3 is 2.33 bits per heavy atom. The first kappa shape index (κ1) is 14.0. The number of hydrogen-bond acceptors (Lipinski definition) is 3. The van der Waals surface area contributed by atoms with Gasteiger partial charge in [-0.25, -0.2) is 0 Å². The van der Waals surface area contributed by atoms with E-state index in [0.717, 1.165) is 11.1 Å². The fourth-order valence-electron chi connectivity index (χ4n) is 2.28. The second-order valence-corrected chi connectivity index (χ2v) is 5.55. The number of hydrogen-bond donors (Lipinski definition) is 1. The fraction of sp³-hybridized carbons (Fsp3) is 0.0625. The van der Waals surface area contributed by atoms with Crippen molar-refractivity contribution >= 4 is 29.1 Å². The number of aryl methyl sites for hydroxylation is 1. The second kappa shape index (κ2) is 5.43. The zero-order valence-corrected chi connectivity index (χ0v) is 12.7. The van der Waals surface area contributed by atoms with E-state index in [4.69, 9.17) is 33.5 Å². The molecule has 0 fully saturated rings. The Morgan fingerprint density at radius 2 is 1.67 bits per heavy atom. The number of aromatic nitrogens is 1. The van der Waals surface area contributed by atoms with Gasteiger partial charge in [0.25, 0.3) is 0 Å². The van der Waals surface area contributed by atoms with Gasteiger partial charge < -0.3 is 10.3 Å². The number of nitrogens with two attached hydrogens (primary N) is 1. The molecule has 3 rings (SSSR count). The average molecular weight is 319 g/mol. The summed E-state index contributed by atoms with van der Waals surface area (Å²) in [6.07, 6.45) is 0. The van der Waals surface area contributed by atoms with Crippen LogP contribution in [0.5, 0.6) is 0 Å². The summed E-state index contributed by atoms with van der Waals surface area (Å²) in [5.74, 6) is 0.242. The van der Waals surface area contributed by atoms with E-state index >= 15 is 0 Å². The number of halogens is 2. The van der Waals surface area contributed by atoms with E-state index in [1.165, 1.54) is 0 Å². The molecule has 106 valence electrons. The van der Waals surface area contributed by atoms with Crippen molar-refractivity contribution in [3.63, 3.8) is 0 Å². The lowest BCUT2D eigenvalue weighted by molar-refractivity contribution is 0.439. The Balaban J connectivity index is 2.27. The van der Waals surface area contributed by atoms with Gasteiger partial charge in [0, 0.05) is 5.56 Å². The largest absolute Gasteiger partial charge is 0.367 e. The summed E-state index contributed by atoms with van der Waals surface area (Å²) >= 11 is 12.5. The van der Waals surface area contributed by atoms with E-state index in [9.17, 15) is 0 Å². The SMILES string of the molecule is Cc1cccc(-c2c(-c3c(Cl)cccc3Cl)noc2N)c1. The van der Waals surface area contributed by atoms with Crippen LogP contribution < -0.4 is 5.73 Å². The highest BCUT2D eigenvalue weighted by molar-refractivity contribution is 6.39. The zero-order valence-electron chi connectivity index (χ0n) is 11.2. The summed E-state index contributed by atoms with van der Waals surface area (Å²) < 4.78 is 5.16. The van der Waals surface area contributed by atoms with Gasteiger partial charge >= 0.3 is 0 Å². The maximum atomic E-state index is 6.26. The molecule has 0 aliphatic rings. The van der Waals surface area contributed by atoms with Gasteiger partial charge in [-0.2, -0.15) is 0 Å². The third-order valence-corrected chi connectivity index (χ3v) is 3.85. The van der Waals surface area contributed by atoms with Crippen molar-refractivity contribution in [1.82, 2.24) is 5.16 Å². The van der Waals surface area contributed by atoms with Crippen LogP contribution in [-0.4, -0.2) is 5.16 Å². The minimum Gasteiger partial charge on any atom is -0.367 e. The van der Waals surface area contributed by atoms with Crippen molar-refractivity contribution in [3.05, 3.63) is 58.1 Å². The minimum absolute atomic E-state index is 0.242. The van der Waals surface area contributed by atoms with E-state index in [2.05, 4.69) is 5.16 Å². The summed E-state index contributed by atoms with van der Waals surface area (Å²) in [7, 11) is 0. The molecule has 1 heterocycles. The van der Waals surface area contributed by atoms with Crippen molar-refractivity contribution in [2.24, 2.45) is 0 Å². The molecule has 2 aromatic carbocycles. The van der Waals surface area contributed by atoms with Crippen LogP contribution in [-0.2, 0) is 0 Å². The van der Waals surface area contributed by atoms with Crippen molar-refractivity contribution in [2.45, 2.75) is 6.92 Å². The Hall–Kier alpha value is -1.97. The first-order valence-corrected chi connectivity index (χ1v) is 7.10. The monoisotopic (exact) mass is 318 g/mol. The Bertz CT molecular complexity index is 792. The van der Waals surface area contributed by atoms with Crippen LogP contribution >= 0.6 is 23.2 Å². The minimum atomic E-state index is 0.242. The van der Waals surface area contributed by atoms with E-state index in [1.807, 2.05) is 31.2 Å². The van der Waals surface area contributed by atoms with Crippen LogP contribution in [0.15, 0.2) is 47.0 Å². The van der Waals surface area contributed by atoms with Crippen LogP contribution in [0.3, 0.4) is 0 Å². The lowest BCUT2D eigenvalue weighted by Gasteiger charge is -2.07. The quantitative estimate of drug-likeness (QED) is 0.706. The summed E-state index contributed by atoms with van der Waals surface area (Å²) in [5, 5.41) is 5.05. The molecule has 0 unspecified atom stereocenters. The Labute approximate surface area is 132 Å². The third-order valence-electron chi connectivity index (χ3n) is 3.22. The maximum Gasteiger partial charge on any atom is 0.230 e. The number of nitrogen functional groups attached to an aromatic ring is 1. The van der Waals surface area contributed by atoms with Crippen molar-refractivity contribution < 1.29 is 4.52 Å². The van der Waals surface area contributed by atoms with E-state index in [1.54, 1.807) is 18.2 Å². The molecule has 5 heteroatoms. The normalized spacial score (nSPS) is 10.8. The standard InChI is InChI=1S/C16H12Cl2N2O/c1-9-4-2-5-10(8-9)13-15(20-21-16(13)19)14-11(17)6-3-7-12(14)18/h2-8H,19H2,1H3. The molecule has 0 radical (unpaired) electrons. The van der Waals surface area contributed by atoms with E-state index in [0.29, 0.717) is 26.9 Å². The molecule has 0 atom stereocenters. The van der Waals surface area contributed by atoms with Crippen LogP contribution in [0, 0.1) is 6.92 Å². The topological polar surface area (TPSA) is 52.0 Å². The van der Waals surface area contributed by atoms with Gasteiger partial charge in [0.1, 0.15) is 5.69 Å². The molecule has 0 aliphatic heterocycles. The van der Waals surface area contributed by atoms with Crippen LogP contribution in [0.2, 0.25) is 10.0 Å². The van der Waals surface area contributed by atoms with Gasteiger partial charge in [0.05, 0.1) is 15.6 Å². The summed E-state index contributed by atoms with van der Waals surface area (Å²) in [4.78, 5) is 0. The summed E-state index contributed by atoms with van der Waals surface area (Å²) in [6, 6.07) is 13.2. The molecule has 21 heavy (non-hydrogen) atoms. The smallest absolute Gasteiger partial charge is 0.230 e. The first-order chi connectivity index (χ1) is 10.1. The van der Waals surface area contributed by atoms with E-state index < -0.39 is 0 Å². The van der Waals surface area contributed by atoms with E-state index in [-0.39, 0.29) is 5.88 Å². The fourth-order valence-corrected chi connectivity index (χ4v) is 2.85. The second-order valence-electron chi connectivity index (χ2n) is 4.74. The number of nitrogens with zero attached hydrogens (tertiary/aromatic N) is 1. The highest BCUT2D eigenvalue weighted by Gasteiger charge is 2.21. The highest BCUT2D eigenvalue weighted by Crippen LogP contribution is 2.42. The molecule has 1 aromatic heterocycles. The molecule has 0 saturated carbocycles. The van der Waals surface area contributed by atoms with Crippen LogP contribution in [0.1, 0.15) is 5.56 Å². The van der Waals surface area contributed by atoms with Crippen molar-refractivity contribution in [3.8, 4) is 22.4 Å². The lowest BCUT2D eigenvalue weighted by atomic mass is 9.99. The molecule has 0 saturated heterocycles. The Kier molecular flexibility index (Phi) is 3.62. The lowest BCUT2D eigenvalue weighted by Crippen LogP contribution is -1.89. The molecule has 0 aliphatic carbocycles. The first-order valence-electron chi connectivity index (χ1n) is 6.34. The summed E-state index contributed by atoms with van der Waals surface area (Å²) in [5.41, 5.74) is 9.85. The molecule has 2 N–H and O–H groups in total. The average Bonchev–Trinajstić information content (AvgIpc) is 2.80. The molecular weight excluding hydrogens is 307 g/mol. The molecule has 3 nitrogen and oxygen atoms in total. The van der Waals surface area contributed by atoms with Crippen molar-refractivity contribution in [2.75, 3.05) is 5.73 Å². The predicted octanol–water partition coefficient (Wildman–Crippen LogP) is 5.21. The van der Waals surface area contributed by atoms with Gasteiger partial charge in [-0.3, -0.25) is 0 Å².